The predicted molar refractivity (Wildman–Crippen MR) is 53.8 cm³/mol. The fraction of sp³-hybridized carbons (Fsp3) is 0.900. The standard InChI is InChI=1S/C10H3F17O3/c1-29-2(28)3(11,12)9(24,25)30-10(26,27)7(19,20)5(15,16)4(13,14)6(17,18)8(21,22)23/h1H3. The summed E-state index contributed by atoms with van der Waals surface area (Å²) >= 11 is 0. The van der Waals surface area contributed by atoms with E-state index in [1.165, 1.54) is 4.74 Å². The van der Waals surface area contributed by atoms with Gasteiger partial charge in [0, 0.05) is 0 Å². The van der Waals surface area contributed by atoms with Crippen LogP contribution in [0.1, 0.15) is 0 Å². The first-order chi connectivity index (χ1) is 12.7. The van der Waals surface area contributed by atoms with Gasteiger partial charge in [-0.3, -0.25) is 0 Å². The highest BCUT2D eigenvalue weighted by atomic mass is 19.4. The maximum Gasteiger partial charge on any atom is 0.460 e. The molecule has 0 bridgehead atoms. The zero-order valence-electron chi connectivity index (χ0n) is 13.2. The maximum atomic E-state index is 13.1. The van der Waals surface area contributed by atoms with E-state index < -0.39 is 54.0 Å². The zero-order chi connectivity index (χ0) is 25.0. The van der Waals surface area contributed by atoms with Crippen LogP contribution in [0, 0.1) is 0 Å². The quantitative estimate of drug-likeness (QED) is 0.348. The highest BCUT2D eigenvalue weighted by Crippen LogP contribution is 2.61. The van der Waals surface area contributed by atoms with Gasteiger partial charge in [0.2, 0.25) is 0 Å². The summed E-state index contributed by atoms with van der Waals surface area (Å²) in [7, 11) is -0.118. The molecule has 0 spiro atoms. The van der Waals surface area contributed by atoms with Crippen molar-refractivity contribution in [2.45, 2.75) is 48.0 Å². The van der Waals surface area contributed by atoms with E-state index in [4.69, 9.17) is 0 Å². The molecule has 0 aliphatic rings. The molecule has 0 heterocycles. The SMILES string of the molecule is COC(=O)C(F)(F)C(F)(F)OC(F)(F)C(F)(F)C(F)(F)C(F)(F)C(F)(F)C(F)(F)F. The average molecular weight is 494 g/mol. The van der Waals surface area contributed by atoms with Crippen LogP contribution in [-0.2, 0) is 14.3 Å². The van der Waals surface area contributed by atoms with Crippen LogP contribution in [0.15, 0.2) is 0 Å². The van der Waals surface area contributed by atoms with Gasteiger partial charge in [-0.05, 0) is 0 Å². The van der Waals surface area contributed by atoms with Crippen LogP contribution in [-0.4, -0.2) is 61.1 Å². The van der Waals surface area contributed by atoms with Crippen molar-refractivity contribution in [1.29, 1.82) is 0 Å². The lowest BCUT2D eigenvalue weighted by Crippen LogP contribution is -2.71. The largest absolute Gasteiger partial charge is 0.464 e. The molecule has 0 N–H and O–H groups in total. The molecule has 0 aromatic rings. The molecule has 0 aliphatic carbocycles. The molecule has 0 amide bonds. The number of alkyl halides is 17. The Morgan fingerprint density at radius 1 is 0.533 bits per heavy atom. The minimum Gasteiger partial charge on any atom is -0.464 e. The van der Waals surface area contributed by atoms with Crippen molar-refractivity contribution in [3.05, 3.63) is 0 Å². The van der Waals surface area contributed by atoms with Gasteiger partial charge in [-0.2, -0.15) is 74.6 Å². The minimum absolute atomic E-state index is 0.118. The molecule has 3 nitrogen and oxygen atoms in total. The van der Waals surface area contributed by atoms with Crippen molar-refractivity contribution in [2.75, 3.05) is 7.11 Å². The molecule has 20 heteroatoms. The number of methoxy groups -OCH3 is 1. The van der Waals surface area contributed by atoms with Crippen LogP contribution in [0.25, 0.3) is 0 Å². The number of carbonyl (C=O) groups is 1. The van der Waals surface area contributed by atoms with Crippen molar-refractivity contribution >= 4 is 5.97 Å². The Bertz CT molecular complexity index is 649. The Kier molecular flexibility index (Phi) is 6.72. The third-order valence-corrected chi connectivity index (χ3v) is 2.97. The normalized spacial score (nSPS) is 15.9. The highest BCUT2D eigenvalue weighted by molar-refractivity contribution is 5.78. The Morgan fingerprint density at radius 3 is 1.17 bits per heavy atom. The summed E-state index contributed by atoms with van der Waals surface area (Å²) in [4.78, 5) is 10.4. The van der Waals surface area contributed by atoms with E-state index in [1.54, 1.807) is 0 Å². The molecule has 0 aromatic carbocycles. The molecule has 0 radical (unpaired) electrons. The summed E-state index contributed by atoms with van der Waals surface area (Å²) in [5.74, 6) is -43.8. The molecule has 0 unspecified atom stereocenters. The number of rotatable bonds is 8. The van der Waals surface area contributed by atoms with E-state index in [1.807, 2.05) is 0 Å². The number of carbonyl (C=O) groups excluding carboxylic acids is 1. The lowest BCUT2D eigenvalue weighted by molar-refractivity contribution is -0.505. The fourth-order valence-corrected chi connectivity index (χ4v) is 1.29. The van der Waals surface area contributed by atoms with Crippen molar-refractivity contribution in [3.8, 4) is 0 Å². The van der Waals surface area contributed by atoms with Gasteiger partial charge in [0.25, 0.3) is 0 Å². The second-order valence-corrected chi connectivity index (χ2v) is 5.00. The molecule has 0 saturated heterocycles. The summed E-state index contributed by atoms with van der Waals surface area (Å²) < 4.78 is 220. The third-order valence-electron chi connectivity index (χ3n) is 2.97. The zero-order valence-corrected chi connectivity index (χ0v) is 13.2. The Morgan fingerprint density at radius 2 is 0.867 bits per heavy atom. The van der Waals surface area contributed by atoms with E-state index in [2.05, 4.69) is 4.74 Å². The van der Waals surface area contributed by atoms with E-state index in [9.17, 15) is 79.4 Å². The lowest BCUT2D eigenvalue weighted by Gasteiger charge is -2.40. The van der Waals surface area contributed by atoms with Crippen LogP contribution in [0.4, 0.5) is 74.6 Å². The van der Waals surface area contributed by atoms with Gasteiger partial charge in [-0.25, -0.2) is 9.53 Å². The molecule has 0 rings (SSSR count). The monoisotopic (exact) mass is 494 g/mol. The smallest absolute Gasteiger partial charge is 0.460 e. The summed E-state index contributed by atoms with van der Waals surface area (Å²) in [5, 5.41) is 0. The molecular formula is C10H3F17O3. The molecule has 0 atom stereocenters. The number of esters is 1. The van der Waals surface area contributed by atoms with E-state index in [0.717, 1.165) is 0 Å². The first kappa shape index (κ1) is 28.2. The van der Waals surface area contributed by atoms with Crippen LogP contribution in [0.2, 0.25) is 0 Å². The summed E-state index contributed by atoms with van der Waals surface area (Å²) in [6.45, 7) is 0. The van der Waals surface area contributed by atoms with Crippen molar-refractivity contribution in [2.24, 2.45) is 0 Å². The maximum absolute atomic E-state index is 13.1. The predicted octanol–water partition coefficient (Wildman–Crippen LogP) is 5.10. The van der Waals surface area contributed by atoms with Crippen LogP contribution >= 0.6 is 0 Å². The first-order valence-corrected chi connectivity index (χ1v) is 6.19. The number of halogens is 17. The molecular weight excluding hydrogens is 491 g/mol. The number of hydrogen-bond donors (Lipinski definition) is 0. The van der Waals surface area contributed by atoms with Crippen molar-refractivity contribution in [1.82, 2.24) is 0 Å². The molecule has 0 fully saturated rings. The van der Waals surface area contributed by atoms with E-state index in [-0.39, 0.29) is 7.11 Å². The minimum atomic E-state index is -8.56. The van der Waals surface area contributed by atoms with Crippen LogP contribution in [0.5, 0.6) is 0 Å². The lowest BCUT2D eigenvalue weighted by atomic mass is 9.97. The van der Waals surface area contributed by atoms with Gasteiger partial charge in [0.15, 0.2) is 0 Å². The Balaban J connectivity index is 6.42. The van der Waals surface area contributed by atoms with Gasteiger partial charge < -0.3 is 4.74 Å². The molecule has 0 aromatic heterocycles. The van der Waals surface area contributed by atoms with Crippen molar-refractivity contribution in [3.63, 3.8) is 0 Å². The van der Waals surface area contributed by atoms with Crippen LogP contribution in [0.3, 0.4) is 0 Å². The highest BCUT2D eigenvalue weighted by Gasteiger charge is 2.92. The topological polar surface area (TPSA) is 35.5 Å². The average Bonchev–Trinajstić information content (AvgIpc) is 2.50. The van der Waals surface area contributed by atoms with Gasteiger partial charge in [-0.15, -0.1) is 0 Å². The van der Waals surface area contributed by atoms with Gasteiger partial charge in [-0.1, -0.05) is 0 Å². The Hall–Kier alpha value is -1.76. The van der Waals surface area contributed by atoms with Gasteiger partial charge >= 0.3 is 54.0 Å². The molecule has 180 valence electrons. The fourth-order valence-electron chi connectivity index (χ4n) is 1.29. The van der Waals surface area contributed by atoms with Gasteiger partial charge in [0.05, 0.1) is 7.11 Å². The van der Waals surface area contributed by atoms with Crippen molar-refractivity contribution < 1.29 is 88.9 Å². The third kappa shape index (κ3) is 3.81. The molecule has 0 aliphatic heterocycles. The number of ether oxygens (including phenoxy) is 2. The van der Waals surface area contributed by atoms with E-state index in [0.29, 0.717) is 0 Å². The van der Waals surface area contributed by atoms with Crippen LogP contribution < -0.4 is 0 Å². The summed E-state index contributed by atoms with van der Waals surface area (Å²) in [6.07, 6.45) is -23.0. The Labute approximate surface area is 151 Å². The first-order valence-electron chi connectivity index (χ1n) is 6.19. The summed E-state index contributed by atoms with van der Waals surface area (Å²) in [5.41, 5.74) is 0. The summed E-state index contributed by atoms with van der Waals surface area (Å²) in [6, 6.07) is 0. The van der Waals surface area contributed by atoms with E-state index >= 15 is 0 Å². The molecule has 30 heavy (non-hydrogen) atoms. The molecule has 0 saturated carbocycles. The second-order valence-electron chi connectivity index (χ2n) is 5.00. The number of hydrogen-bond acceptors (Lipinski definition) is 3. The second kappa shape index (κ2) is 7.14. The van der Waals surface area contributed by atoms with Gasteiger partial charge in [0.1, 0.15) is 0 Å².